The van der Waals surface area contributed by atoms with Crippen LogP contribution in [0, 0.1) is 6.92 Å². The van der Waals surface area contributed by atoms with Crippen LogP contribution in [-0.2, 0) is 10.0 Å². The second-order valence-corrected chi connectivity index (χ2v) is 8.87. The first-order valence-electron chi connectivity index (χ1n) is 8.71. The van der Waals surface area contributed by atoms with E-state index < -0.39 is 15.6 Å². The second-order valence-electron chi connectivity index (χ2n) is 7.22. The van der Waals surface area contributed by atoms with Crippen molar-refractivity contribution in [3.63, 3.8) is 0 Å². The van der Waals surface area contributed by atoms with Crippen molar-refractivity contribution in [3.8, 4) is 5.75 Å². The minimum Gasteiger partial charge on any atom is -0.494 e. The molecule has 0 aliphatic heterocycles. The van der Waals surface area contributed by atoms with E-state index in [4.69, 9.17) is 4.74 Å². The molecule has 0 unspecified atom stereocenters. The topological polar surface area (TPSA) is 84.5 Å². The molecule has 7 heteroatoms. The van der Waals surface area contributed by atoms with E-state index in [1.54, 1.807) is 57.2 Å². The van der Waals surface area contributed by atoms with Gasteiger partial charge in [-0.25, -0.2) is 13.1 Å². The van der Waals surface area contributed by atoms with Gasteiger partial charge in [-0.1, -0.05) is 12.1 Å². The van der Waals surface area contributed by atoms with Crippen molar-refractivity contribution in [3.05, 3.63) is 53.6 Å². The fourth-order valence-electron chi connectivity index (χ4n) is 2.56. The zero-order chi connectivity index (χ0) is 20.2. The highest BCUT2D eigenvalue weighted by molar-refractivity contribution is 7.89. The normalized spacial score (nSPS) is 11.9. The van der Waals surface area contributed by atoms with E-state index in [-0.39, 0.29) is 16.5 Å². The number of para-hydroxylation sites is 1. The number of nitrogens with one attached hydrogen (secondary N) is 2. The molecule has 0 aromatic heterocycles. The summed E-state index contributed by atoms with van der Waals surface area (Å²) in [6.07, 6.45) is 0. The molecule has 0 atom stereocenters. The van der Waals surface area contributed by atoms with E-state index in [0.29, 0.717) is 17.9 Å². The van der Waals surface area contributed by atoms with Crippen LogP contribution >= 0.6 is 0 Å². The fraction of sp³-hybridized carbons (Fsp3) is 0.350. The molecule has 0 saturated heterocycles. The number of amides is 1. The standard InChI is InChI=1S/C20H26N2O4S/c1-6-26-17-12-11-15(13-14(17)2)19(23)21-16-9-7-8-10-18(16)27(24,25)22-20(3,4)5/h7-13,22H,6H2,1-5H3,(H,21,23). The van der Waals surface area contributed by atoms with E-state index in [0.717, 1.165) is 5.56 Å². The number of anilines is 1. The van der Waals surface area contributed by atoms with Gasteiger partial charge in [0.25, 0.3) is 5.91 Å². The molecule has 0 heterocycles. The molecular weight excluding hydrogens is 364 g/mol. The van der Waals surface area contributed by atoms with Crippen LogP contribution in [0.4, 0.5) is 5.69 Å². The highest BCUT2D eigenvalue weighted by Gasteiger charge is 2.25. The summed E-state index contributed by atoms with van der Waals surface area (Å²) in [5, 5.41) is 2.70. The van der Waals surface area contributed by atoms with E-state index >= 15 is 0 Å². The van der Waals surface area contributed by atoms with Crippen molar-refractivity contribution < 1.29 is 17.9 Å². The third-order valence-electron chi connectivity index (χ3n) is 3.60. The van der Waals surface area contributed by atoms with Crippen LogP contribution in [0.3, 0.4) is 0 Å². The summed E-state index contributed by atoms with van der Waals surface area (Å²) in [4.78, 5) is 12.7. The quantitative estimate of drug-likeness (QED) is 0.787. The average Bonchev–Trinajstić information content (AvgIpc) is 2.55. The van der Waals surface area contributed by atoms with Crippen LogP contribution in [-0.4, -0.2) is 26.5 Å². The largest absolute Gasteiger partial charge is 0.494 e. The van der Waals surface area contributed by atoms with Gasteiger partial charge in [-0.2, -0.15) is 0 Å². The second kappa shape index (κ2) is 8.10. The molecule has 0 aliphatic rings. The third-order valence-corrected chi connectivity index (χ3v) is 5.42. The predicted molar refractivity (Wildman–Crippen MR) is 107 cm³/mol. The number of hydrogen-bond acceptors (Lipinski definition) is 4. The maximum absolute atomic E-state index is 12.7. The molecule has 1 amide bonds. The Bertz CT molecular complexity index is 931. The zero-order valence-corrected chi connectivity index (χ0v) is 17.1. The summed E-state index contributed by atoms with van der Waals surface area (Å²) in [5.74, 6) is 0.325. The molecule has 6 nitrogen and oxygen atoms in total. The molecule has 2 N–H and O–H groups in total. The van der Waals surface area contributed by atoms with Crippen LogP contribution in [0.5, 0.6) is 5.75 Å². The first-order chi connectivity index (χ1) is 12.5. The van der Waals surface area contributed by atoms with Gasteiger partial charge < -0.3 is 10.1 Å². The maximum Gasteiger partial charge on any atom is 0.255 e. The van der Waals surface area contributed by atoms with Crippen molar-refractivity contribution in [1.29, 1.82) is 0 Å². The molecule has 2 rings (SSSR count). The van der Waals surface area contributed by atoms with Crippen LogP contribution in [0.25, 0.3) is 0 Å². The van der Waals surface area contributed by atoms with Gasteiger partial charge in [0.05, 0.1) is 12.3 Å². The van der Waals surface area contributed by atoms with Gasteiger partial charge in [-0.05, 0) is 70.5 Å². The van der Waals surface area contributed by atoms with E-state index in [9.17, 15) is 13.2 Å². The Kier molecular flexibility index (Phi) is 6.28. The van der Waals surface area contributed by atoms with Gasteiger partial charge in [-0.3, -0.25) is 4.79 Å². The number of aryl methyl sites for hydroxylation is 1. The summed E-state index contributed by atoms with van der Waals surface area (Å²) < 4.78 is 33.4. The van der Waals surface area contributed by atoms with E-state index in [1.165, 1.54) is 6.07 Å². The monoisotopic (exact) mass is 390 g/mol. The Labute approximate surface area is 161 Å². The Morgan fingerprint density at radius 3 is 2.37 bits per heavy atom. The number of ether oxygens (including phenoxy) is 1. The molecule has 2 aromatic carbocycles. The average molecular weight is 391 g/mol. The lowest BCUT2D eigenvalue weighted by atomic mass is 10.1. The van der Waals surface area contributed by atoms with Gasteiger partial charge in [0.15, 0.2) is 0 Å². The van der Waals surface area contributed by atoms with Gasteiger partial charge in [-0.15, -0.1) is 0 Å². The Hall–Kier alpha value is -2.38. The van der Waals surface area contributed by atoms with Crippen molar-refractivity contribution in [1.82, 2.24) is 4.72 Å². The van der Waals surface area contributed by atoms with Gasteiger partial charge in [0.2, 0.25) is 10.0 Å². The Morgan fingerprint density at radius 1 is 1.11 bits per heavy atom. The summed E-state index contributed by atoms with van der Waals surface area (Å²) in [7, 11) is -3.78. The molecule has 0 fully saturated rings. The van der Waals surface area contributed by atoms with Crippen LogP contribution in [0.15, 0.2) is 47.4 Å². The molecule has 2 aromatic rings. The Balaban J connectivity index is 2.31. The van der Waals surface area contributed by atoms with Crippen molar-refractivity contribution in [2.45, 2.75) is 45.1 Å². The van der Waals surface area contributed by atoms with Gasteiger partial charge >= 0.3 is 0 Å². The summed E-state index contributed by atoms with van der Waals surface area (Å²) in [5.41, 5.74) is 0.847. The number of carbonyl (C=O) groups is 1. The van der Waals surface area contributed by atoms with Gasteiger partial charge in [0.1, 0.15) is 10.6 Å². The van der Waals surface area contributed by atoms with Crippen molar-refractivity contribution in [2.24, 2.45) is 0 Å². The third kappa shape index (κ3) is 5.55. The number of sulfonamides is 1. The van der Waals surface area contributed by atoms with E-state index in [1.807, 2.05) is 13.8 Å². The Morgan fingerprint density at radius 2 is 1.78 bits per heavy atom. The minimum absolute atomic E-state index is 0.0240. The number of rotatable bonds is 6. The molecule has 0 spiro atoms. The van der Waals surface area contributed by atoms with Crippen LogP contribution < -0.4 is 14.8 Å². The summed E-state index contributed by atoms with van der Waals surface area (Å²) in [6, 6.07) is 11.4. The predicted octanol–water partition coefficient (Wildman–Crippen LogP) is 3.72. The first-order valence-corrected chi connectivity index (χ1v) is 10.2. The van der Waals surface area contributed by atoms with Crippen molar-refractivity contribution in [2.75, 3.05) is 11.9 Å². The number of carbonyl (C=O) groups excluding carboxylic acids is 1. The highest BCUT2D eigenvalue weighted by Crippen LogP contribution is 2.24. The molecule has 0 saturated carbocycles. The number of hydrogen-bond donors (Lipinski definition) is 2. The molecule has 27 heavy (non-hydrogen) atoms. The SMILES string of the molecule is CCOc1ccc(C(=O)Nc2ccccc2S(=O)(=O)NC(C)(C)C)cc1C. The molecule has 146 valence electrons. The summed E-state index contributed by atoms with van der Waals surface area (Å²) >= 11 is 0. The first kappa shape index (κ1) is 20.9. The molecule has 0 bridgehead atoms. The van der Waals surface area contributed by atoms with Crippen LogP contribution in [0.1, 0.15) is 43.6 Å². The lowest BCUT2D eigenvalue weighted by Crippen LogP contribution is -2.40. The van der Waals surface area contributed by atoms with Crippen molar-refractivity contribution >= 4 is 21.6 Å². The molecule has 0 aliphatic carbocycles. The van der Waals surface area contributed by atoms with Gasteiger partial charge in [0, 0.05) is 11.1 Å². The number of benzene rings is 2. The lowest BCUT2D eigenvalue weighted by Gasteiger charge is -2.21. The van der Waals surface area contributed by atoms with E-state index in [2.05, 4.69) is 10.0 Å². The zero-order valence-electron chi connectivity index (χ0n) is 16.3. The lowest BCUT2D eigenvalue weighted by molar-refractivity contribution is 0.102. The fourth-order valence-corrected chi connectivity index (χ4v) is 4.15. The maximum atomic E-state index is 12.7. The minimum atomic E-state index is -3.78. The highest BCUT2D eigenvalue weighted by atomic mass is 32.2. The smallest absolute Gasteiger partial charge is 0.255 e. The van der Waals surface area contributed by atoms with Crippen LogP contribution in [0.2, 0.25) is 0 Å². The molecular formula is C20H26N2O4S. The summed E-state index contributed by atoms with van der Waals surface area (Å²) in [6.45, 7) is 9.56. The molecule has 0 radical (unpaired) electrons.